The highest BCUT2D eigenvalue weighted by Crippen LogP contribution is 2.69. The molecule has 5 aliphatic rings. The summed E-state index contributed by atoms with van der Waals surface area (Å²) < 4.78 is 12.1. The predicted octanol–water partition coefficient (Wildman–Crippen LogP) is 4.36. The summed E-state index contributed by atoms with van der Waals surface area (Å²) in [7, 11) is 1.90. The molecule has 1 aromatic heterocycles. The van der Waals surface area contributed by atoms with E-state index in [1.165, 1.54) is 30.5 Å². The Morgan fingerprint density at radius 2 is 2.11 bits per heavy atom. The Bertz CT molecular complexity index is 1200. The number of rotatable bonds is 5. The number of likely N-dealkylation sites (tertiary alicyclic amines) is 1. The quantitative estimate of drug-likeness (QED) is 0.652. The number of aromatic hydroxyl groups is 1. The maximum atomic E-state index is 13.2. The van der Waals surface area contributed by atoms with Crippen LogP contribution in [0.4, 0.5) is 0 Å². The fourth-order valence-electron chi connectivity index (χ4n) is 8.13. The molecule has 7 rings (SSSR count). The second-order valence-corrected chi connectivity index (χ2v) is 11.7. The van der Waals surface area contributed by atoms with Crippen molar-refractivity contribution in [2.45, 2.75) is 69.1 Å². The van der Waals surface area contributed by atoms with Crippen LogP contribution in [0.2, 0.25) is 0 Å². The second kappa shape index (κ2) is 7.39. The van der Waals surface area contributed by atoms with Gasteiger partial charge in [-0.3, -0.25) is 9.69 Å². The third-order valence-corrected chi connectivity index (χ3v) is 10.1. The Kier molecular flexibility index (Phi) is 4.55. The number of amides is 1. The Morgan fingerprint density at radius 1 is 1.26 bits per heavy atom. The second-order valence-electron chi connectivity index (χ2n) is 11.7. The van der Waals surface area contributed by atoms with Gasteiger partial charge in [-0.2, -0.15) is 0 Å². The molecule has 1 N–H and O–H groups in total. The van der Waals surface area contributed by atoms with Gasteiger partial charge in [-0.25, -0.2) is 0 Å². The molecule has 6 heteroatoms. The van der Waals surface area contributed by atoms with E-state index in [1.807, 2.05) is 30.1 Å². The number of carbonyl (C=O) groups is 1. The van der Waals surface area contributed by atoms with Crippen LogP contribution in [0.5, 0.6) is 11.5 Å². The largest absolute Gasteiger partial charge is 0.504 e. The summed E-state index contributed by atoms with van der Waals surface area (Å²) in [5, 5.41) is 10.9. The van der Waals surface area contributed by atoms with E-state index in [9.17, 15) is 9.90 Å². The van der Waals surface area contributed by atoms with Crippen molar-refractivity contribution in [2.75, 3.05) is 20.1 Å². The van der Waals surface area contributed by atoms with Gasteiger partial charge in [0.2, 0.25) is 5.91 Å². The van der Waals surface area contributed by atoms with Crippen molar-refractivity contribution in [1.29, 1.82) is 0 Å². The van der Waals surface area contributed by atoms with E-state index in [4.69, 9.17) is 9.15 Å². The lowest BCUT2D eigenvalue weighted by Gasteiger charge is -2.66. The van der Waals surface area contributed by atoms with Crippen molar-refractivity contribution >= 4 is 12.0 Å². The highest BCUT2D eigenvalue weighted by atomic mass is 16.5. The molecule has 0 radical (unpaired) electrons. The van der Waals surface area contributed by atoms with Gasteiger partial charge in [0.1, 0.15) is 11.9 Å². The maximum Gasteiger partial charge on any atom is 0.246 e. The lowest BCUT2D eigenvalue weighted by Crippen LogP contribution is -2.73. The SMILES string of the molecule is CN(C(=O)/C=C/c1ccco1)C1CCC2(C)C3Cc4ccc(O)c5c4C2(CCN3CC2CC2)C1O5. The average molecular weight is 475 g/mol. The van der Waals surface area contributed by atoms with Crippen LogP contribution in [0.15, 0.2) is 41.0 Å². The number of carbonyl (C=O) groups excluding carboxylic acids is 1. The van der Waals surface area contributed by atoms with Gasteiger partial charge >= 0.3 is 0 Å². The maximum absolute atomic E-state index is 13.2. The van der Waals surface area contributed by atoms with Gasteiger partial charge in [0.15, 0.2) is 11.5 Å². The van der Waals surface area contributed by atoms with Crippen molar-refractivity contribution in [3.05, 3.63) is 53.5 Å². The minimum atomic E-state index is -0.179. The third-order valence-electron chi connectivity index (χ3n) is 10.1. The summed E-state index contributed by atoms with van der Waals surface area (Å²) >= 11 is 0. The first-order chi connectivity index (χ1) is 16.9. The summed E-state index contributed by atoms with van der Waals surface area (Å²) in [6.07, 6.45) is 11.5. The van der Waals surface area contributed by atoms with Crippen LogP contribution in [0, 0.1) is 11.3 Å². The van der Waals surface area contributed by atoms with Crippen LogP contribution in [0.25, 0.3) is 6.08 Å². The molecule has 2 aliphatic heterocycles. The highest BCUT2D eigenvalue weighted by molar-refractivity contribution is 5.91. The number of phenols is 1. The van der Waals surface area contributed by atoms with Crippen LogP contribution in [0.1, 0.15) is 55.9 Å². The van der Waals surface area contributed by atoms with E-state index >= 15 is 0 Å². The molecular formula is C29H34N2O4. The van der Waals surface area contributed by atoms with Crippen LogP contribution in [0.3, 0.4) is 0 Å². The molecule has 3 fully saturated rings. The Labute approximate surface area is 206 Å². The minimum absolute atomic E-state index is 0.0473. The number of piperidine rings is 1. The van der Waals surface area contributed by atoms with Gasteiger partial charge < -0.3 is 19.2 Å². The minimum Gasteiger partial charge on any atom is -0.504 e. The standard InChI is InChI=1S/C29H34N2O4/c1-28-12-11-21(30(2)24(33)10-8-20-4-3-15-34-20)27-29(28)13-14-31(17-18-5-6-18)23(28)16-19-7-9-22(32)26(35-27)25(19)29/h3-4,7-10,15,18,21,23,27,32H,5-6,11-14,16-17H2,1-2H3/b10-8+. The number of hydrogen-bond acceptors (Lipinski definition) is 5. The van der Waals surface area contributed by atoms with Crippen LogP contribution < -0.4 is 4.74 Å². The van der Waals surface area contributed by atoms with Gasteiger partial charge in [-0.15, -0.1) is 0 Å². The normalized spacial score (nSPS) is 35.1. The lowest BCUT2D eigenvalue weighted by molar-refractivity contribution is -0.150. The molecule has 5 atom stereocenters. The van der Waals surface area contributed by atoms with Gasteiger partial charge in [0.25, 0.3) is 0 Å². The first-order valence-corrected chi connectivity index (χ1v) is 13.2. The molecule has 5 unspecified atom stereocenters. The summed E-state index contributed by atoms with van der Waals surface area (Å²) in [5.41, 5.74) is 2.45. The predicted molar refractivity (Wildman–Crippen MR) is 132 cm³/mol. The molecule has 1 amide bonds. The van der Waals surface area contributed by atoms with Crippen molar-refractivity contribution in [2.24, 2.45) is 11.3 Å². The van der Waals surface area contributed by atoms with Crippen molar-refractivity contribution < 1.29 is 19.1 Å². The summed E-state index contributed by atoms with van der Waals surface area (Å²) in [6.45, 7) is 4.75. The van der Waals surface area contributed by atoms with Crippen LogP contribution in [-0.4, -0.2) is 59.1 Å². The first kappa shape index (κ1) is 21.5. The van der Waals surface area contributed by atoms with Crippen molar-refractivity contribution in [3.8, 4) is 11.5 Å². The molecule has 184 valence electrons. The zero-order valence-electron chi connectivity index (χ0n) is 20.6. The number of ether oxygens (including phenoxy) is 1. The van der Waals surface area contributed by atoms with Crippen molar-refractivity contribution in [1.82, 2.24) is 9.80 Å². The number of nitrogens with zero attached hydrogens (tertiary/aromatic N) is 2. The van der Waals surface area contributed by atoms with Crippen LogP contribution in [-0.2, 0) is 16.6 Å². The molecule has 3 aliphatic carbocycles. The number of phenolic OH excluding ortho intramolecular Hbond substituents is 1. The Balaban J connectivity index is 1.28. The molecule has 1 saturated heterocycles. The number of hydrogen-bond donors (Lipinski definition) is 1. The molecule has 2 aromatic rings. The van der Waals surface area contributed by atoms with E-state index in [0.29, 0.717) is 17.6 Å². The van der Waals surface area contributed by atoms with E-state index in [-0.39, 0.29) is 34.6 Å². The average Bonchev–Trinajstić information content (AvgIpc) is 3.36. The zero-order chi connectivity index (χ0) is 23.9. The Morgan fingerprint density at radius 3 is 2.89 bits per heavy atom. The van der Waals surface area contributed by atoms with E-state index < -0.39 is 0 Å². The van der Waals surface area contributed by atoms with Gasteiger partial charge in [0.05, 0.1) is 12.3 Å². The molecule has 1 aromatic carbocycles. The molecule has 2 bridgehead atoms. The fraction of sp³-hybridized carbons (Fsp3) is 0.552. The Hall–Kier alpha value is -2.73. The van der Waals surface area contributed by atoms with E-state index in [1.54, 1.807) is 18.4 Å². The number of furan rings is 1. The van der Waals surface area contributed by atoms with Crippen LogP contribution >= 0.6 is 0 Å². The monoisotopic (exact) mass is 474 g/mol. The first-order valence-electron chi connectivity index (χ1n) is 13.2. The number of benzene rings is 1. The third kappa shape index (κ3) is 2.89. The van der Waals surface area contributed by atoms with E-state index in [0.717, 1.165) is 38.1 Å². The lowest BCUT2D eigenvalue weighted by atomic mass is 9.43. The molecule has 35 heavy (non-hydrogen) atoms. The van der Waals surface area contributed by atoms with Gasteiger partial charge in [-0.1, -0.05) is 13.0 Å². The van der Waals surface area contributed by atoms with Gasteiger partial charge in [0, 0.05) is 36.7 Å². The zero-order valence-corrected chi connectivity index (χ0v) is 20.6. The molecule has 1 spiro atoms. The van der Waals surface area contributed by atoms with E-state index in [2.05, 4.69) is 17.9 Å². The molecule has 2 saturated carbocycles. The summed E-state index contributed by atoms with van der Waals surface area (Å²) in [5.74, 6) is 2.39. The summed E-state index contributed by atoms with van der Waals surface area (Å²) in [4.78, 5) is 17.9. The molecular weight excluding hydrogens is 440 g/mol. The molecule has 3 heterocycles. The topological polar surface area (TPSA) is 66.2 Å². The smallest absolute Gasteiger partial charge is 0.246 e. The van der Waals surface area contributed by atoms with Gasteiger partial charge in [-0.05, 0) is 86.2 Å². The fourth-order valence-corrected chi connectivity index (χ4v) is 8.13. The highest BCUT2D eigenvalue weighted by Gasteiger charge is 2.71. The summed E-state index contributed by atoms with van der Waals surface area (Å²) in [6, 6.07) is 8.02. The molecule has 6 nitrogen and oxygen atoms in total. The number of likely N-dealkylation sites (N-methyl/N-ethyl adjacent to an activating group) is 1. The van der Waals surface area contributed by atoms with Crippen molar-refractivity contribution in [3.63, 3.8) is 0 Å².